The number of phenols is 2. The molecular formula is C29H24N4O2. The number of phenolic OH excluding ortho intramolecular Hbond substituents is 2. The summed E-state index contributed by atoms with van der Waals surface area (Å²) in [5.74, 6) is 1.62. The molecule has 0 unspecified atom stereocenters. The minimum absolute atomic E-state index is 0.175. The standard InChI is InChI=1S/C29H24N4O2/c1-16-3-7-22-24(11-16)32-28(30-22)20-14-18(5-9-26(20)34)13-19-6-10-27(35)21(15-19)29-31-23-8-4-17(2)12-25(23)33-29/h3-12,14-15,34-35H,13H2,1-2H3,(H,30,32)(H,31,33). The lowest BCUT2D eigenvalue weighted by atomic mass is 10.00. The quantitative estimate of drug-likeness (QED) is 0.245. The van der Waals surface area contributed by atoms with E-state index in [2.05, 4.69) is 19.9 Å². The Morgan fingerprint density at radius 1 is 0.600 bits per heavy atom. The molecular weight excluding hydrogens is 436 g/mol. The van der Waals surface area contributed by atoms with Gasteiger partial charge in [-0.15, -0.1) is 0 Å². The highest BCUT2D eigenvalue weighted by atomic mass is 16.3. The summed E-state index contributed by atoms with van der Waals surface area (Å²) in [6.45, 7) is 4.08. The largest absolute Gasteiger partial charge is 0.507 e. The molecule has 4 aromatic carbocycles. The Hall–Kier alpha value is -4.58. The Morgan fingerprint density at radius 3 is 1.51 bits per heavy atom. The number of aromatic nitrogens is 4. The van der Waals surface area contributed by atoms with Crippen LogP contribution in [0.25, 0.3) is 44.8 Å². The molecule has 0 bridgehead atoms. The number of rotatable bonds is 4. The maximum atomic E-state index is 10.5. The molecule has 6 rings (SSSR count). The van der Waals surface area contributed by atoms with Crippen molar-refractivity contribution in [1.82, 2.24) is 19.9 Å². The van der Waals surface area contributed by atoms with Crippen molar-refractivity contribution >= 4 is 22.1 Å². The molecule has 0 saturated carbocycles. The average Bonchev–Trinajstić information content (AvgIpc) is 3.44. The minimum Gasteiger partial charge on any atom is -0.507 e. The second kappa shape index (κ2) is 8.02. The summed E-state index contributed by atoms with van der Waals surface area (Å²) in [6, 6.07) is 23.2. The number of benzene rings is 4. The number of nitrogens with zero attached hydrogens (tertiary/aromatic N) is 2. The van der Waals surface area contributed by atoms with Gasteiger partial charge in [-0.2, -0.15) is 0 Å². The number of imidazole rings is 2. The van der Waals surface area contributed by atoms with Crippen LogP contribution in [0.2, 0.25) is 0 Å². The summed E-state index contributed by atoms with van der Waals surface area (Å²) in [4.78, 5) is 16.0. The number of aromatic hydroxyl groups is 2. The lowest BCUT2D eigenvalue weighted by molar-refractivity contribution is 0.476. The zero-order valence-corrected chi connectivity index (χ0v) is 19.4. The van der Waals surface area contributed by atoms with E-state index < -0.39 is 0 Å². The van der Waals surface area contributed by atoms with E-state index in [0.29, 0.717) is 29.2 Å². The number of aryl methyl sites for hydroxylation is 2. The Kier molecular flexibility index (Phi) is 4.81. The molecule has 2 aromatic heterocycles. The first kappa shape index (κ1) is 21.0. The first-order valence-corrected chi connectivity index (χ1v) is 11.5. The molecule has 0 radical (unpaired) electrons. The number of aromatic amines is 2. The van der Waals surface area contributed by atoms with E-state index >= 15 is 0 Å². The van der Waals surface area contributed by atoms with Gasteiger partial charge in [-0.25, -0.2) is 9.97 Å². The van der Waals surface area contributed by atoms with E-state index in [9.17, 15) is 10.2 Å². The maximum absolute atomic E-state index is 10.5. The van der Waals surface area contributed by atoms with Crippen LogP contribution in [0.5, 0.6) is 11.5 Å². The first-order valence-electron chi connectivity index (χ1n) is 11.5. The molecule has 0 atom stereocenters. The summed E-state index contributed by atoms with van der Waals surface area (Å²) in [5, 5.41) is 21.1. The van der Waals surface area contributed by atoms with Crippen molar-refractivity contribution in [1.29, 1.82) is 0 Å². The van der Waals surface area contributed by atoms with Gasteiger partial charge in [0.1, 0.15) is 23.1 Å². The summed E-state index contributed by atoms with van der Waals surface area (Å²) >= 11 is 0. The summed E-state index contributed by atoms with van der Waals surface area (Å²) < 4.78 is 0. The number of nitrogens with one attached hydrogen (secondary N) is 2. The summed E-state index contributed by atoms with van der Waals surface area (Å²) in [6.07, 6.45) is 0.624. The predicted octanol–water partition coefficient (Wildman–Crippen LogP) is 6.39. The fourth-order valence-electron chi connectivity index (χ4n) is 4.50. The van der Waals surface area contributed by atoms with Gasteiger partial charge in [0.15, 0.2) is 0 Å². The van der Waals surface area contributed by atoms with Crippen LogP contribution in [-0.2, 0) is 6.42 Å². The normalized spacial score (nSPS) is 11.5. The van der Waals surface area contributed by atoms with Crippen molar-refractivity contribution in [3.05, 3.63) is 95.1 Å². The van der Waals surface area contributed by atoms with E-state index in [4.69, 9.17) is 0 Å². The van der Waals surface area contributed by atoms with Crippen LogP contribution >= 0.6 is 0 Å². The van der Waals surface area contributed by atoms with Crippen LogP contribution in [0, 0.1) is 13.8 Å². The van der Waals surface area contributed by atoms with Gasteiger partial charge < -0.3 is 20.2 Å². The van der Waals surface area contributed by atoms with Gasteiger partial charge in [0.05, 0.1) is 33.2 Å². The summed E-state index contributed by atoms with van der Waals surface area (Å²) in [5.41, 5.74) is 9.24. The maximum Gasteiger partial charge on any atom is 0.142 e. The molecule has 0 aliphatic carbocycles. The van der Waals surface area contributed by atoms with E-state index in [1.165, 1.54) is 0 Å². The van der Waals surface area contributed by atoms with E-state index in [1.54, 1.807) is 12.1 Å². The molecule has 0 amide bonds. The van der Waals surface area contributed by atoms with Gasteiger partial charge in [0.2, 0.25) is 0 Å². The van der Waals surface area contributed by atoms with Crippen molar-refractivity contribution in [2.75, 3.05) is 0 Å². The van der Waals surface area contributed by atoms with Crippen LogP contribution in [0.1, 0.15) is 22.3 Å². The Balaban J connectivity index is 1.34. The molecule has 6 heteroatoms. The summed E-state index contributed by atoms with van der Waals surface area (Å²) in [7, 11) is 0. The lowest BCUT2D eigenvalue weighted by Gasteiger charge is -2.09. The molecule has 35 heavy (non-hydrogen) atoms. The van der Waals surface area contributed by atoms with Crippen molar-refractivity contribution in [3.63, 3.8) is 0 Å². The van der Waals surface area contributed by atoms with Gasteiger partial charge in [-0.1, -0.05) is 24.3 Å². The van der Waals surface area contributed by atoms with Crippen LogP contribution < -0.4 is 0 Å². The highest BCUT2D eigenvalue weighted by Gasteiger charge is 2.14. The minimum atomic E-state index is 0.175. The van der Waals surface area contributed by atoms with E-state index in [1.807, 2.05) is 74.5 Å². The monoisotopic (exact) mass is 460 g/mol. The fourth-order valence-corrected chi connectivity index (χ4v) is 4.50. The molecule has 0 spiro atoms. The van der Waals surface area contributed by atoms with Crippen molar-refractivity contribution in [3.8, 4) is 34.3 Å². The second-order valence-electron chi connectivity index (χ2n) is 9.09. The van der Waals surface area contributed by atoms with Gasteiger partial charge in [0.25, 0.3) is 0 Å². The van der Waals surface area contributed by atoms with E-state index in [-0.39, 0.29) is 11.5 Å². The first-order chi connectivity index (χ1) is 16.9. The third kappa shape index (κ3) is 3.89. The molecule has 2 heterocycles. The molecule has 6 nitrogen and oxygen atoms in total. The number of fused-ring (bicyclic) bond motifs is 2. The van der Waals surface area contributed by atoms with Crippen molar-refractivity contribution in [2.24, 2.45) is 0 Å². The molecule has 6 aromatic rings. The molecule has 172 valence electrons. The van der Waals surface area contributed by atoms with Gasteiger partial charge in [-0.05, 0) is 91.1 Å². The zero-order chi connectivity index (χ0) is 24.1. The van der Waals surface area contributed by atoms with E-state index in [0.717, 1.165) is 44.3 Å². The van der Waals surface area contributed by atoms with Gasteiger partial charge >= 0.3 is 0 Å². The third-order valence-corrected chi connectivity index (χ3v) is 6.32. The van der Waals surface area contributed by atoms with Crippen LogP contribution in [-0.4, -0.2) is 30.1 Å². The Bertz CT molecular complexity index is 1600. The molecule has 0 aliphatic rings. The van der Waals surface area contributed by atoms with Gasteiger partial charge in [0, 0.05) is 0 Å². The van der Waals surface area contributed by atoms with Crippen molar-refractivity contribution in [2.45, 2.75) is 20.3 Å². The average molecular weight is 461 g/mol. The molecule has 0 fully saturated rings. The zero-order valence-electron chi connectivity index (χ0n) is 19.4. The highest BCUT2D eigenvalue weighted by Crippen LogP contribution is 2.33. The second-order valence-corrected chi connectivity index (χ2v) is 9.09. The topological polar surface area (TPSA) is 97.8 Å². The molecule has 0 aliphatic heterocycles. The van der Waals surface area contributed by atoms with Crippen LogP contribution in [0.15, 0.2) is 72.8 Å². The Labute approximate surface area is 202 Å². The van der Waals surface area contributed by atoms with Crippen molar-refractivity contribution < 1.29 is 10.2 Å². The third-order valence-electron chi connectivity index (χ3n) is 6.32. The number of hydrogen-bond donors (Lipinski definition) is 4. The van der Waals surface area contributed by atoms with Crippen LogP contribution in [0.3, 0.4) is 0 Å². The fraction of sp³-hybridized carbons (Fsp3) is 0.103. The predicted molar refractivity (Wildman–Crippen MR) is 139 cm³/mol. The highest BCUT2D eigenvalue weighted by molar-refractivity contribution is 5.82. The Morgan fingerprint density at radius 2 is 1.06 bits per heavy atom. The van der Waals surface area contributed by atoms with Crippen LogP contribution in [0.4, 0.5) is 0 Å². The smallest absolute Gasteiger partial charge is 0.142 e. The lowest BCUT2D eigenvalue weighted by Crippen LogP contribution is -1.92. The molecule has 0 saturated heterocycles. The number of H-pyrrole nitrogens is 2. The van der Waals surface area contributed by atoms with Gasteiger partial charge in [-0.3, -0.25) is 0 Å². The molecule has 4 N–H and O–H groups in total. The number of hydrogen-bond acceptors (Lipinski definition) is 4. The SMILES string of the molecule is Cc1ccc2nc(-c3cc(Cc4ccc(O)c(-c5nc6ccc(C)cc6[nH]5)c4)ccc3O)[nH]c2c1.